The Morgan fingerprint density at radius 3 is 2.00 bits per heavy atom. The summed E-state index contributed by atoms with van der Waals surface area (Å²) in [4.78, 5) is 11.3. The zero-order valence-corrected chi connectivity index (χ0v) is 11.6. The molecule has 2 aromatic carbocycles. The summed E-state index contributed by atoms with van der Waals surface area (Å²) in [7, 11) is 0. The minimum atomic E-state index is -1.27. The summed E-state index contributed by atoms with van der Waals surface area (Å²) in [5, 5.41) is 18.9. The van der Waals surface area contributed by atoms with Gasteiger partial charge in [0, 0.05) is 10.9 Å². The molecule has 0 aromatic heterocycles. The number of rotatable bonds is 4. The molecule has 0 fully saturated rings. The van der Waals surface area contributed by atoms with Gasteiger partial charge in [0.05, 0.1) is 6.07 Å². The van der Waals surface area contributed by atoms with E-state index in [4.69, 9.17) is 16.9 Å². The number of hydrogen-bond acceptors (Lipinski definition) is 2. The van der Waals surface area contributed by atoms with Crippen LogP contribution in [0.3, 0.4) is 0 Å². The smallest absolute Gasteiger partial charge is 0.321 e. The second-order valence-corrected chi connectivity index (χ2v) is 4.96. The predicted octanol–water partition coefficient (Wildman–Crippen LogP) is 3.84. The van der Waals surface area contributed by atoms with Gasteiger partial charge in [0.2, 0.25) is 0 Å². The van der Waals surface area contributed by atoms with Gasteiger partial charge in [-0.05, 0) is 35.4 Å². The van der Waals surface area contributed by atoms with Crippen LogP contribution >= 0.6 is 11.6 Å². The molecule has 2 aromatic rings. The Bertz CT molecular complexity index is 631. The van der Waals surface area contributed by atoms with Gasteiger partial charge in [0.1, 0.15) is 5.82 Å². The van der Waals surface area contributed by atoms with Crippen LogP contribution < -0.4 is 0 Å². The third-order valence-electron chi connectivity index (χ3n) is 3.20. The van der Waals surface area contributed by atoms with Gasteiger partial charge < -0.3 is 5.11 Å². The van der Waals surface area contributed by atoms with Gasteiger partial charge in [-0.2, -0.15) is 5.26 Å². The van der Waals surface area contributed by atoms with E-state index in [-0.39, 0.29) is 0 Å². The molecule has 5 heteroatoms. The number of carboxylic acids is 1. The Morgan fingerprint density at radius 1 is 1.10 bits per heavy atom. The normalized spacial score (nSPS) is 13.2. The van der Waals surface area contributed by atoms with Crippen LogP contribution in [-0.2, 0) is 4.79 Å². The topological polar surface area (TPSA) is 61.1 Å². The SMILES string of the molecule is N#CC(C(=O)O)C(c1ccc(F)cc1)c1ccc(Cl)cc1. The Hall–Kier alpha value is -2.38. The molecule has 106 valence electrons. The highest BCUT2D eigenvalue weighted by Crippen LogP contribution is 2.33. The highest BCUT2D eigenvalue weighted by atomic mass is 35.5. The lowest BCUT2D eigenvalue weighted by Crippen LogP contribution is -2.21. The third kappa shape index (κ3) is 3.39. The van der Waals surface area contributed by atoms with Crippen LogP contribution in [0.2, 0.25) is 5.02 Å². The van der Waals surface area contributed by atoms with E-state index in [0.29, 0.717) is 16.1 Å². The van der Waals surface area contributed by atoms with Crippen LogP contribution in [0.4, 0.5) is 4.39 Å². The van der Waals surface area contributed by atoms with Gasteiger partial charge in [0.15, 0.2) is 5.92 Å². The van der Waals surface area contributed by atoms with Crippen LogP contribution in [0, 0.1) is 23.1 Å². The zero-order chi connectivity index (χ0) is 15.4. The molecule has 0 heterocycles. The van der Waals surface area contributed by atoms with Crippen molar-refractivity contribution in [3.05, 3.63) is 70.5 Å². The largest absolute Gasteiger partial charge is 0.480 e. The minimum Gasteiger partial charge on any atom is -0.480 e. The lowest BCUT2D eigenvalue weighted by molar-refractivity contribution is -0.140. The maximum atomic E-state index is 13.0. The molecule has 0 aliphatic heterocycles. The standard InChI is InChI=1S/C16H11ClFNO2/c17-12-5-1-10(2-6-12)15(14(9-19)16(20)21)11-3-7-13(18)8-4-11/h1-8,14-15H,(H,20,21). The molecule has 0 bridgehead atoms. The number of nitriles is 1. The first-order chi connectivity index (χ1) is 10.0. The van der Waals surface area contributed by atoms with E-state index in [9.17, 15) is 14.3 Å². The molecule has 2 unspecified atom stereocenters. The summed E-state index contributed by atoms with van der Waals surface area (Å²) >= 11 is 5.83. The Balaban J connectivity index is 2.53. The van der Waals surface area contributed by atoms with E-state index in [1.54, 1.807) is 30.3 Å². The van der Waals surface area contributed by atoms with Gasteiger partial charge >= 0.3 is 5.97 Å². The van der Waals surface area contributed by atoms with Crippen molar-refractivity contribution >= 4 is 17.6 Å². The molecule has 3 nitrogen and oxygen atoms in total. The minimum absolute atomic E-state index is 0.419. The summed E-state index contributed by atoms with van der Waals surface area (Å²) in [6.45, 7) is 0. The van der Waals surface area contributed by atoms with Gasteiger partial charge in [-0.3, -0.25) is 4.79 Å². The molecule has 0 spiro atoms. The van der Waals surface area contributed by atoms with Crippen molar-refractivity contribution < 1.29 is 14.3 Å². The monoisotopic (exact) mass is 303 g/mol. The van der Waals surface area contributed by atoms with E-state index in [0.717, 1.165) is 0 Å². The Labute approximate surface area is 126 Å². The van der Waals surface area contributed by atoms with Crippen molar-refractivity contribution in [2.75, 3.05) is 0 Å². The molecule has 21 heavy (non-hydrogen) atoms. The number of carbonyl (C=O) groups is 1. The van der Waals surface area contributed by atoms with Crippen LogP contribution in [0.25, 0.3) is 0 Å². The average Bonchev–Trinajstić information content (AvgIpc) is 2.46. The first kappa shape index (κ1) is 15.0. The average molecular weight is 304 g/mol. The quantitative estimate of drug-likeness (QED) is 0.933. The van der Waals surface area contributed by atoms with Crippen LogP contribution in [-0.4, -0.2) is 11.1 Å². The lowest BCUT2D eigenvalue weighted by atomic mass is 9.81. The molecule has 2 rings (SSSR count). The molecule has 0 aliphatic rings. The fraction of sp³-hybridized carbons (Fsp3) is 0.125. The second kappa shape index (κ2) is 6.38. The summed E-state index contributed by atoms with van der Waals surface area (Å²) < 4.78 is 13.0. The molecular formula is C16H11ClFNO2. The third-order valence-corrected chi connectivity index (χ3v) is 3.45. The Kier molecular flexibility index (Phi) is 4.56. The fourth-order valence-electron chi connectivity index (χ4n) is 2.19. The highest BCUT2D eigenvalue weighted by molar-refractivity contribution is 6.30. The van der Waals surface area contributed by atoms with Crippen molar-refractivity contribution in [1.82, 2.24) is 0 Å². The number of carboxylic acid groups (broad SMARTS) is 1. The maximum Gasteiger partial charge on any atom is 0.321 e. The van der Waals surface area contributed by atoms with Crippen molar-refractivity contribution in [1.29, 1.82) is 5.26 Å². The van der Waals surface area contributed by atoms with E-state index >= 15 is 0 Å². The van der Waals surface area contributed by atoms with Crippen LogP contribution in [0.1, 0.15) is 17.0 Å². The maximum absolute atomic E-state index is 13.0. The molecule has 0 radical (unpaired) electrons. The summed E-state index contributed by atoms with van der Waals surface area (Å²) in [6, 6.07) is 13.9. The first-order valence-electron chi connectivity index (χ1n) is 6.16. The predicted molar refractivity (Wildman–Crippen MR) is 76.4 cm³/mol. The second-order valence-electron chi connectivity index (χ2n) is 4.53. The highest BCUT2D eigenvalue weighted by Gasteiger charge is 2.30. The van der Waals surface area contributed by atoms with E-state index in [1.807, 2.05) is 0 Å². The summed E-state index contributed by atoms with van der Waals surface area (Å²) in [5.41, 5.74) is 1.20. The molecule has 0 amide bonds. The van der Waals surface area contributed by atoms with Crippen molar-refractivity contribution in [2.24, 2.45) is 5.92 Å². The summed E-state index contributed by atoms with van der Waals surface area (Å²) in [5.74, 6) is -3.60. The molecule has 0 saturated carbocycles. The van der Waals surface area contributed by atoms with Crippen molar-refractivity contribution in [3.63, 3.8) is 0 Å². The lowest BCUT2D eigenvalue weighted by Gasteiger charge is -2.20. The van der Waals surface area contributed by atoms with Gasteiger partial charge in [-0.1, -0.05) is 35.9 Å². The zero-order valence-electron chi connectivity index (χ0n) is 10.8. The van der Waals surface area contributed by atoms with Gasteiger partial charge in [-0.15, -0.1) is 0 Å². The van der Waals surface area contributed by atoms with Gasteiger partial charge in [0.25, 0.3) is 0 Å². The first-order valence-corrected chi connectivity index (χ1v) is 6.54. The Morgan fingerprint density at radius 2 is 1.57 bits per heavy atom. The molecule has 0 aliphatic carbocycles. The van der Waals surface area contributed by atoms with Gasteiger partial charge in [-0.25, -0.2) is 4.39 Å². The number of hydrogen-bond donors (Lipinski definition) is 1. The van der Waals surface area contributed by atoms with E-state index in [1.165, 1.54) is 24.3 Å². The number of aliphatic carboxylic acids is 1. The summed E-state index contributed by atoms with van der Waals surface area (Å²) in [6.07, 6.45) is 0. The molecule has 0 saturated heterocycles. The van der Waals surface area contributed by atoms with Crippen molar-refractivity contribution in [2.45, 2.75) is 5.92 Å². The van der Waals surface area contributed by atoms with Crippen molar-refractivity contribution in [3.8, 4) is 6.07 Å². The molecule has 1 N–H and O–H groups in total. The number of halogens is 2. The van der Waals surface area contributed by atoms with E-state index in [2.05, 4.69) is 0 Å². The van der Waals surface area contributed by atoms with Crippen LogP contribution in [0.5, 0.6) is 0 Å². The fourth-order valence-corrected chi connectivity index (χ4v) is 2.32. The van der Waals surface area contributed by atoms with Crippen LogP contribution in [0.15, 0.2) is 48.5 Å². The van der Waals surface area contributed by atoms with E-state index < -0.39 is 23.6 Å². The number of benzene rings is 2. The molecule has 2 atom stereocenters. The molecular weight excluding hydrogens is 293 g/mol. The number of nitrogens with zero attached hydrogens (tertiary/aromatic N) is 1.